The van der Waals surface area contributed by atoms with E-state index >= 15 is 0 Å². The van der Waals surface area contributed by atoms with E-state index in [4.69, 9.17) is 0 Å². The van der Waals surface area contributed by atoms with Crippen LogP contribution in [0.2, 0.25) is 8.35 Å². The third-order valence-electron chi connectivity index (χ3n) is 11.6. The summed E-state index contributed by atoms with van der Waals surface area (Å²) in [6.45, 7) is 23.6. The topological polar surface area (TPSA) is 0 Å². The molecule has 0 nitrogen and oxygen atoms in total. The maximum Gasteiger partial charge on any atom is -1.00 e. The van der Waals surface area contributed by atoms with Crippen LogP contribution in [0.1, 0.15) is 110 Å². The molecule has 4 aromatic carbocycles. The summed E-state index contributed by atoms with van der Waals surface area (Å²) in [5.41, 5.74) is 18.4. The van der Waals surface area contributed by atoms with Gasteiger partial charge in [-0.2, -0.15) is 0 Å². The third-order valence-corrected chi connectivity index (χ3v) is 30.5. The summed E-state index contributed by atoms with van der Waals surface area (Å²) in [6, 6.07) is 33.4. The standard InChI is InChI=1S/2C22H25.C2H4.2ClH.Hf/c2*1-15(2)18-13-17-7-6-8-20(21(17)14-18)16-9-11-19(12-10-16)22(3,4)5;1-2;;;/h2*6-15H,1-5H3;1-2H2;2*1H;/q;;;;;+2/p-2. The Hall–Kier alpha value is -2.19. The molecule has 3 heteroatoms. The second kappa shape index (κ2) is 13.7. The van der Waals surface area contributed by atoms with Gasteiger partial charge in [0.1, 0.15) is 0 Å². The van der Waals surface area contributed by atoms with E-state index in [-0.39, 0.29) is 35.6 Å². The average Bonchev–Trinajstić information content (AvgIpc) is 3.53. The van der Waals surface area contributed by atoms with Crippen molar-refractivity contribution in [2.45, 2.75) is 95.8 Å². The number of halogens is 2. The van der Waals surface area contributed by atoms with E-state index in [1.807, 2.05) is 0 Å². The first-order valence-electron chi connectivity index (χ1n) is 18.1. The van der Waals surface area contributed by atoms with Gasteiger partial charge < -0.3 is 24.8 Å². The van der Waals surface area contributed by atoms with Gasteiger partial charge in [-0.05, 0) is 0 Å². The van der Waals surface area contributed by atoms with Gasteiger partial charge in [-0.1, -0.05) is 0 Å². The quantitative estimate of drug-likeness (QED) is 0.176. The minimum absolute atomic E-state index is 0. The van der Waals surface area contributed by atoms with Crippen LogP contribution in [0.3, 0.4) is 0 Å². The average molecular weight is 856 g/mol. The van der Waals surface area contributed by atoms with Crippen LogP contribution in [0, 0.1) is 11.8 Å². The van der Waals surface area contributed by atoms with Gasteiger partial charge in [0.2, 0.25) is 0 Å². The number of rotatable bonds is 6. The molecule has 1 aliphatic heterocycles. The molecule has 2 aliphatic carbocycles. The van der Waals surface area contributed by atoms with E-state index in [0.29, 0.717) is 19.2 Å². The van der Waals surface area contributed by atoms with Gasteiger partial charge >= 0.3 is 291 Å². The van der Waals surface area contributed by atoms with Gasteiger partial charge in [0, 0.05) is 0 Å². The fourth-order valence-electron chi connectivity index (χ4n) is 8.83. The number of hydrogen-bond acceptors (Lipinski definition) is 0. The van der Waals surface area contributed by atoms with Gasteiger partial charge in [-0.3, -0.25) is 0 Å². The molecule has 1 fully saturated rings. The van der Waals surface area contributed by atoms with Crippen molar-refractivity contribution >= 4 is 12.2 Å². The first kappa shape index (κ1) is 38.1. The summed E-state index contributed by atoms with van der Waals surface area (Å²) >= 11 is -3.00. The van der Waals surface area contributed by atoms with Crippen LogP contribution in [-0.2, 0) is 30.8 Å². The maximum atomic E-state index is 2.65. The van der Waals surface area contributed by atoms with Gasteiger partial charge in [-0.15, -0.1) is 0 Å². The Morgan fingerprint density at radius 2 is 0.857 bits per heavy atom. The minimum Gasteiger partial charge on any atom is -1.00 e. The molecule has 2 atom stereocenters. The van der Waals surface area contributed by atoms with Crippen LogP contribution in [0.15, 0.2) is 96.1 Å². The van der Waals surface area contributed by atoms with E-state index in [2.05, 4.69) is 166 Å². The molecule has 0 N–H and O–H groups in total. The Labute approximate surface area is 314 Å². The fraction of sp³-hybridized carbons (Fsp3) is 0.391. The first-order chi connectivity index (χ1) is 22.2. The smallest absolute Gasteiger partial charge is 1.00 e. The van der Waals surface area contributed by atoms with Gasteiger partial charge in [0.05, 0.1) is 0 Å². The van der Waals surface area contributed by atoms with E-state index in [9.17, 15) is 0 Å². The molecule has 256 valence electrons. The van der Waals surface area contributed by atoms with Gasteiger partial charge in [0.15, 0.2) is 0 Å². The van der Waals surface area contributed by atoms with Crippen molar-refractivity contribution in [3.63, 3.8) is 0 Å². The van der Waals surface area contributed by atoms with Gasteiger partial charge in [0.25, 0.3) is 0 Å². The molecule has 0 aromatic heterocycles. The van der Waals surface area contributed by atoms with E-state index in [1.54, 1.807) is 22.3 Å². The molecule has 2 unspecified atom stereocenters. The molecule has 0 spiro atoms. The maximum absolute atomic E-state index is 3.00. The molecule has 1 heterocycles. The van der Waals surface area contributed by atoms with Crippen LogP contribution in [0.5, 0.6) is 0 Å². The monoisotopic (exact) mass is 856 g/mol. The van der Waals surface area contributed by atoms with Crippen molar-refractivity contribution in [2.75, 3.05) is 0 Å². The van der Waals surface area contributed by atoms with Crippen LogP contribution < -0.4 is 24.8 Å². The third kappa shape index (κ3) is 6.67. The van der Waals surface area contributed by atoms with Gasteiger partial charge in [-0.25, -0.2) is 0 Å². The zero-order chi connectivity index (χ0) is 33.5. The van der Waals surface area contributed by atoms with Crippen molar-refractivity contribution in [3.05, 3.63) is 129 Å². The Morgan fingerprint density at radius 1 is 0.510 bits per heavy atom. The molecular formula is C46H54Cl2Hf. The summed E-state index contributed by atoms with van der Waals surface area (Å²) in [7, 11) is 0. The van der Waals surface area contributed by atoms with Crippen molar-refractivity contribution < 1.29 is 44.8 Å². The number of fused-ring (bicyclic) bond motifs is 2. The largest absolute Gasteiger partial charge is 1.00 e. The molecule has 0 radical (unpaired) electrons. The Morgan fingerprint density at radius 3 is 1.14 bits per heavy atom. The number of allylic oxidation sites excluding steroid dienone is 2. The van der Waals surface area contributed by atoms with Crippen LogP contribution in [0.25, 0.3) is 34.4 Å². The zero-order valence-electron chi connectivity index (χ0n) is 31.2. The van der Waals surface area contributed by atoms with Crippen molar-refractivity contribution in [2.24, 2.45) is 11.8 Å². The van der Waals surface area contributed by atoms with Crippen LogP contribution in [0.4, 0.5) is 0 Å². The molecule has 0 amide bonds. The SMILES string of the molecule is CC(C)C1=Cc2c(-c3ccc(C(C)(C)C)cc3)cccc2[CH]1[Hf+2]1([CH]2C(C(C)C)=Cc3c(-c4ccc(C(C)(C)C)cc4)cccc32)[CH2][CH2]1.[Cl-].[Cl-]. The molecule has 0 bridgehead atoms. The zero-order valence-corrected chi connectivity index (χ0v) is 36.3. The van der Waals surface area contributed by atoms with Crippen molar-refractivity contribution in [1.82, 2.24) is 0 Å². The van der Waals surface area contributed by atoms with E-state index < -0.39 is 20.0 Å². The summed E-state index contributed by atoms with van der Waals surface area (Å²) in [4.78, 5) is 0. The molecule has 7 rings (SSSR count). The molecule has 49 heavy (non-hydrogen) atoms. The fourth-order valence-corrected chi connectivity index (χ4v) is 37.7. The first-order valence-corrected chi connectivity index (χ1v) is 27.3. The minimum atomic E-state index is -3.00. The van der Waals surface area contributed by atoms with Crippen LogP contribution in [-0.4, -0.2) is 0 Å². The summed E-state index contributed by atoms with van der Waals surface area (Å²) in [6.07, 6.45) is 5.30. The second-order valence-corrected chi connectivity index (χ2v) is 34.1. The Bertz CT molecular complexity index is 1750. The predicted octanol–water partition coefficient (Wildman–Crippen LogP) is 7.52. The van der Waals surface area contributed by atoms with E-state index in [1.165, 1.54) is 52.9 Å². The summed E-state index contributed by atoms with van der Waals surface area (Å²) in [5.74, 6) is 1.11. The van der Waals surface area contributed by atoms with Crippen LogP contribution >= 0.6 is 0 Å². The second-order valence-electron chi connectivity index (χ2n) is 17.5. The van der Waals surface area contributed by atoms with Crippen molar-refractivity contribution in [3.8, 4) is 22.3 Å². The number of hydrogen-bond donors (Lipinski definition) is 0. The predicted molar refractivity (Wildman–Crippen MR) is 202 cm³/mol. The molecule has 3 aliphatic rings. The Kier molecular flexibility index (Phi) is 10.7. The summed E-state index contributed by atoms with van der Waals surface area (Å²) < 4.78 is 4.34. The molecule has 1 saturated heterocycles. The molecular weight excluding hydrogens is 802 g/mol. The normalized spacial score (nSPS) is 18.4. The number of benzene rings is 4. The summed E-state index contributed by atoms with van der Waals surface area (Å²) in [5, 5.41) is 0. The molecule has 0 saturated carbocycles. The van der Waals surface area contributed by atoms with Crippen molar-refractivity contribution in [1.29, 1.82) is 0 Å². The van der Waals surface area contributed by atoms with E-state index in [0.717, 1.165) is 0 Å². The Balaban J connectivity index is 0.00000234. The molecule has 4 aromatic rings.